The number of hydrogen-bond donors (Lipinski definition) is 0. The average Bonchev–Trinajstić information content (AvgIpc) is 3.27. The van der Waals surface area contributed by atoms with Gasteiger partial charge in [-0.25, -0.2) is 0 Å². The summed E-state index contributed by atoms with van der Waals surface area (Å²) >= 11 is 0. The van der Waals surface area contributed by atoms with E-state index in [-0.39, 0.29) is 10.9 Å². The number of hydrogen-bond acceptors (Lipinski definition) is 3. The SMILES string of the molecule is CN(C)CCn1c2ccc3c(=O)ccc3c2c2c3ccc(=O)c3ccc21. The molecule has 0 unspecified atom stereocenters. The van der Waals surface area contributed by atoms with Gasteiger partial charge < -0.3 is 9.47 Å². The molecule has 0 spiro atoms. The molecule has 0 amide bonds. The van der Waals surface area contributed by atoms with Crippen molar-refractivity contribution in [1.82, 2.24) is 9.47 Å². The molecule has 0 aliphatic heterocycles. The van der Waals surface area contributed by atoms with Crippen LogP contribution in [0, 0.1) is 0 Å². The Kier molecular flexibility index (Phi) is 3.09. The molecule has 1 heterocycles. The largest absolute Gasteiger partial charge is 0.339 e. The molecule has 0 saturated heterocycles. The van der Waals surface area contributed by atoms with Crippen LogP contribution in [0.4, 0.5) is 0 Å². The molecule has 0 N–H and O–H groups in total. The molecule has 1 aromatic heterocycles. The third-order valence-corrected chi connectivity index (χ3v) is 5.38. The first kappa shape index (κ1) is 15.3. The van der Waals surface area contributed by atoms with E-state index in [1.54, 1.807) is 12.1 Å². The average molecular weight is 342 g/mol. The highest BCUT2D eigenvalue weighted by molar-refractivity contribution is 6.28. The van der Waals surface area contributed by atoms with Crippen LogP contribution in [0.15, 0.2) is 58.1 Å². The summed E-state index contributed by atoms with van der Waals surface area (Å²) in [6.07, 6.45) is 0. The molecule has 5 aromatic rings. The van der Waals surface area contributed by atoms with Gasteiger partial charge >= 0.3 is 0 Å². The van der Waals surface area contributed by atoms with Gasteiger partial charge in [0, 0.05) is 45.7 Å². The minimum absolute atomic E-state index is 0.0512. The monoisotopic (exact) mass is 342 g/mol. The van der Waals surface area contributed by atoms with E-state index in [1.807, 2.05) is 36.4 Å². The molecule has 0 radical (unpaired) electrons. The lowest BCUT2D eigenvalue weighted by Crippen LogP contribution is -2.18. The summed E-state index contributed by atoms with van der Waals surface area (Å²) in [5.41, 5.74) is 2.33. The predicted molar refractivity (Wildman–Crippen MR) is 108 cm³/mol. The van der Waals surface area contributed by atoms with Crippen LogP contribution in [0.3, 0.4) is 0 Å². The van der Waals surface area contributed by atoms with Crippen molar-refractivity contribution in [2.24, 2.45) is 0 Å². The van der Waals surface area contributed by atoms with Crippen molar-refractivity contribution in [3.63, 3.8) is 0 Å². The molecule has 4 nitrogen and oxygen atoms in total. The number of rotatable bonds is 3. The van der Waals surface area contributed by atoms with E-state index >= 15 is 0 Å². The molecular formula is C22H18N2O2. The molecule has 0 fully saturated rings. The van der Waals surface area contributed by atoms with E-state index in [2.05, 4.69) is 23.6 Å². The Labute approximate surface area is 149 Å². The van der Waals surface area contributed by atoms with Gasteiger partial charge in [0.25, 0.3) is 0 Å². The van der Waals surface area contributed by atoms with Crippen molar-refractivity contribution >= 4 is 43.4 Å². The molecular weight excluding hydrogens is 324 g/mol. The van der Waals surface area contributed by atoms with E-state index in [4.69, 9.17) is 0 Å². The van der Waals surface area contributed by atoms with Gasteiger partial charge in [0.05, 0.1) is 0 Å². The first-order valence-electron chi connectivity index (χ1n) is 8.78. The maximum atomic E-state index is 12.2. The summed E-state index contributed by atoms with van der Waals surface area (Å²) in [6.45, 7) is 1.76. The second kappa shape index (κ2) is 5.26. The lowest BCUT2D eigenvalue weighted by atomic mass is 10.0. The summed E-state index contributed by atoms with van der Waals surface area (Å²) in [5, 5.41) is 5.60. The normalized spacial score (nSPS) is 12.4. The minimum Gasteiger partial charge on any atom is -0.339 e. The standard InChI is InChI=1S/C22H18N2O2/c1-23(2)11-12-24-17-7-3-13-15(5-9-19(13)25)21(17)22-16-6-10-20(26)14(16)4-8-18(22)24/h3-10H,11-12H2,1-2H3. The van der Waals surface area contributed by atoms with Crippen molar-refractivity contribution in [1.29, 1.82) is 0 Å². The Hall–Kier alpha value is -2.98. The third kappa shape index (κ3) is 1.93. The molecule has 0 aliphatic rings. The van der Waals surface area contributed by atoms with E-state index < -0.39 is 0 Å². The van der Waals surface area contributed by atoms with Gasteiger partial charge in [0.15, 0.2) is 10.9 Å². The van der Waals surface area contributed by atoms with E-state index in [0.717, 1.165) is 56.4 Å². The fourth-order valence-electron chi connectivity index (χ4n) is 4.14. The van der Waals surface area contributed by atoms with Crippen LogP contribution in [0.2, 0.25) is 0 Å². The Morgan fingerprint density at radius 3 is 1.62 bits per heavy atom. The third-order valence-electron chi connectivity index (χ3n) is 5.38. The highest BCUT2D eigenvalue weighted by Gasteiger charge is 2.18. The molecule has 4 heteroatoms. The summed E-state index contributed by atoms with van der Waals surface area (Å²) in [4.78, 5) is 26.5. The molecule has 5 rings (SSSR count). The Balaban J connectivity index is 2.03. The van der Waals surface area contributed by atoms with Crippen molar-refractivity contribution < 1.29 is 0 Å². The van der Waals surface area contributed by atoms with Gasteiger partial charge in [-0.05, 0) is 73.4 Å². The first-order valence-corrected chi connectivity index (χ1v) is 8.78. The molecule has 4 aromatic carbocycles. The van der Waals surface area contributed by atoms with Gasteiger partial charge in [-0.2, -0.15) is 0 Å². The zero-order valence-electron chi connectivity index (χ0n) is 14.7. The lowest BCUT2D eigenvalue weighted by molar-refractivity contribution is 0.389. The van der Waals surface area contributed by atoms with Crippen molar-refractivity contribution in [3.8, 4) is 0 Å². The van der Waals surface area contributed by atoms with Crippen LogP contribution in [0.1, 0.15) is 0 Å². The molecule has 0 atom stereocenters. The Morgan fingerprint density at radius 1 is 0.692 bits per heavy atom. The summed E-state index contributed by atoms with van der Waals surface area (Å²) in [7, 11) is 4.12. The zero-order chi connectivity index (χ0) is 18.0. The molecule has 128 valence electrons. The lowest BCUT2D eigenvalue weighted by Gasteiger charge is -2.12. The van der Waals surface area contributed by atoms with Crippen molar-refractivity contribution in [2.45, 2.75) is 6.54 Å². The molecule has 0 bridgehead atoms. The smallest absolute Gasteiger partial charge is 0.186 e. The summed E-state index contributed by atoms with van der Waals surface area (Å²) in [6, 6.07) is 15.0. The second-order valence-corrected chi connectivity index (χ2v) is 7.19. The number of fused-ring (bicyclic) bond motifs is 7. The van der Waals surface area contributed by atoms with Crippen LogP contribution in [-0.4, -0.2) is 30.1 Å². The van der Waals surface area contributed by atoms with E-state index in [9.17, 15) is 9.59 Å². The second-order valence-electron chi connectivity index (χ2n) is 7.19. The number of likely N-dealkylation sites (N-methyl/N-ethyl adjacent to an activating group) is 1. The van der Waals surface area contributed by atoms with E-state index in [0.29, 0.717) is 0 Å². The van der Waals surface area contributed by atoms with Crippen LogP contribution < -0.4 is 10.9 Å². The van der Waals surface area contributed by atoms with Crippen LogP contribution in [0.5, 0.6) is 0 Å². The predicted octanol–water partition coefficient (Wildman–Crippen LogP) is 3.26. The number of aromatic nitrogens is 1. The van der Waals surface area contributed by atoms with Crippen molar-refractivity contribution in [3.05, 3.63) is 69.0 Å². The highest BCUT2D eigenvalue weighted by Crippen LogP contribution is 2.38. The van der Waals surface area contributed by atoms with Gasteiger partial charge in [0.2, 0.25) is 0 Å². The fourth-order valence-corrected chi connectivity index (χ4v) is 4.14. The van der Waals surface area contributed by atoms with Crippen LogP contribution in [-0.2, 0) is 6.54 Å². The number of benzene rings is 2. The fraction of sp³-hybridized carbons (Fsp3) is 0.182. The highest BCUT2D eigenvalue weighted by atomic mass is 16.1. The van der Waals surface area contributed by atoms with Gasteiger partial charge in [-0.3, -0.25) is 9.59 Å². The van der Waals surface area contributed by atoms with Gasteiger partial charge in [-0.1, -0.05) is 0 Å². The maximum Gasteiger partial charge on any atom is 0.186 e. The van der Waals surface area contributed by atoms with E-state index in [1.165, 1.54) is 0 Å². The van der Waals surface area contributed by atoms with Crippen LogP contribution in [0.25, 0.3) is 43.4 Å². The van der Waals surface area contributed by atoms with Gasteiger partial charge in [-0.15, -0.1) is 0 Å². The van der Waals surface area contributed by atoms with Crippen LogP contribution >= 0.6 is 0 Å². The Bertz CT molecular complexity index is 1300. The van der Waals surface area contributed by atoms with Crippen molar-refractivity contribution in [2.75, 3.05) is 20.6 Å². The first-order chi connectivity index (χ1) is 12.6. The number of nitrogens with zero attached hydrogens (tertiary/aromatic N) is 2. The summed E-state index contributed by atoms with van der Waals surface area (Å²) in [5.74, 6) is 0. The van der Waals surface area contributed by atoms with Gasteiger partial charge in [0.1, 0.15) is 0 Å². The molecule has 0 saturated carbocycles. The Morgan fingerprint density at radius 2 is 1.15 bits per heavy atom. The topological polar surface area (TPSA) is 42.3 Å². The minimum atomic E-state index is 0.0512. The quantitative estimate of drug-likeness (QED) is 0.505. The molecule has 0 aliphatic carbocycles. The zero-order valence-corrected chi connectivity index (χ0v) is 14.7. The summed E-state index contributed by atoms with van der Waals surface area (Å²) < 4.78 is 2.30. The molecule has 26 heavy (non-hydrogen) atoms. The maximum absolute atomic E-state index is 12.2.